The van der Waals surface area contributed by atoms with Crippen molar-refractivity contribution in [2.45, 2.75) is 51.4 Å². The normalized spacial score (nSPS) is 13.6. The number of nitrogens with one attached hydrogen (secondary N) is 1. The van der Waals surface area contributed by atoms with E-state index in [4.69, 9.17) is 4.74 Å². The number of rotatable bonds is 17. The summed E-state index contributed by atoms with van der Waals surface area (Å²) in [5, 5.41) is 22.1. The van der Waals surface area contributed by atoms with Crippen molar-refractivity contribution in [3.05, 3.63) is 73.3 Å². The van der Waals surface area contributed by atoms with Gasteiger partial charge in [-0.3, -0.25) is 4.98 Å². The van der Waals surface area contributed by atoms with Gasteiger partial charge in [-0.05, 0) is 49.9 Å². The molecule has 0 aliphatic rings. The number of unbranched alkanes of at least 4 members (excludes halogenated alkanes) is 2. The van der Waals surface area contributed by atoms with Crippen molar-refractivity contribution in [1.82, 2.24) is 9.88 Å². The largest absolute Gasteiger partial charge is 0.383 e. The van der Waals surface area contributed by atoms with Crippen molar-refractivity contribution in [3.8, 4) is 0 Å². The molecule has 0 bridgehead atoms. The van der Waals surface area contributed by atoms with Gasteiger partial charge in [-0.1, -0.05) is 43.7 Å². The minimum Gasteiger partial charge on any atom is -0.383 e. The molecular formula is C26H41N3O3. The van der Waals surface area contributed by atoms with Crippen LogP contribution in [0.25, 0.3) is 0 Å². The van der Waals surface area contributed by atoms with Crippen LogP contribution in [0.1, 0.15) is 50.9 Å². The van der Waals surface area contributed by atoms with Crippen molar-refractivity contribution >= 4 is 5.69 Å². The van der Waals surface area contributed by atoms with Crippen molar-refractivity contribution in [2.75, 3.05) is 32.6 Å². The molecule has 0 amide bonds. The molecule has 1 rings (SSSR count). The van der Waals surface area contributed by atoms with E-state index in [9.17, 15) is 10.2 Å². The molecule has 178 valence electrons. The highest BCUT2D eigenvalue weighted by Crippen LogP contribution is 2.20. The van der Waals surface area contributed by atoms with E-state index in [2.05, 4.69) is 60.7 Å². The SMILES string of the molecule is C=CCC(/C=C/N(C)C(C)/C=C\C(=C)COC)CCCCCNc1cnccc1C(O)O. The number of hydrogen-bond donors (Lipinski definition) is 3. The summed E-state index contributed by atoms with van der Waals surface area (Å²) in [7, 11) is 3.75. The molecular weight excluding hydrogens is 402 g/mol. The molecule has 0 aliphatic carbocycles. The summed E-state index contributed by atoms with van der Waals surface area (Å²) < 4.78 is 5.09. The third kappa shape index (κ3) is 11.3. The number of aliphatic hydroxyl groups excluding tert-OH is 1. The lowest BCUT2D eigenvalue weighted by atomic mass is 9.97. The molecule has 0 saturated heterocycles. The topological polar surface area (TPSA) is 77.9 Å². The van der Waals surface area contributed by atoms with Gasteiger partial charge in [0.05, 0.1) is 18.5 Å². The van der Waals surface area contributed by atoms with Crippen molar-refractivity contribution in [1.29, 1.82) is 0 Å². The number of pyridine rings is 1. The molecule has 6 heteroatoms. The first-order valence-electron chi connectivity index (χ1n) is 11.3. The highest BCUT2D eigenvalue weighted by molar-refractivity contribution is 5.49. The Morgan fingerprint density at radius 1 is 1.28 bits per heavy atom. The number of hydrogen-bond acceptors (Lipinski definition) is 6. The molecule has 0 spiro atoms. The maximum Gasteiger partial charge on any atom is 0.180 e. The summed E-state index contributed by atoms with van der Waals surface area (Å²) >= 11 is 0. The zero-order valence-corrected chi connectivity index (χ0v) is 19.9. The van der Waals surface area contributed by atoms with Crippen LogP contribution in [-0.4, -0.2) is 53.4 Å². The maximum atomic E-state index is 9.41. The Bertz CT molecular complexity index is 731. The van der Waals surface area contributed by atoms with E-state index in [1.165, 1.54) is 0 Å². The van der Waals surface area contributed by atoms with Gasteiger partial charge in [0.1, 0.15) is 0 Å². The molecule has 2 atom stereocenters. The van der Waals surface area contributed by atoms with Gasteiger partial charge in [0, 0.05) is 38.5 Å². The fraction of sp³-hybridized carbons (Fsp3) is 0.500. The average Bonchev–Trinajstić information content (AvgIpc) is 2.78. The first kappa shape index (κ1) is 27.6. The van der Waals surface area contributed by atoms with Crippen LogP contribution in [0.15, 0.2) is 67.7 Å². The Labute approximate surface area is 194 Å². The average molecular weight is 444 g/mol. The van der Waals surface area contributed by atoms with E-state index < -0.39 is 6.29 Å². The van der Waals surface area contributed by atoms with Gasteiger partial charge < -0.3 is 25.2 Å². The highest BCUT2D eigenvalue weighted by atomic mass is 16.5. The van der Waals surface area contributed by atoms with E-state index in [0.29, 0.717) is 23.8 Å². The lowest BCUT2D eigenvalue weighted by molar-refractivity contribution is -0.0419. The zero-order valence-electron chi connectivity index (χ0n) is 19.9. The third-order valence-corrected chi connectivity index (χ3v) is 5.35. The second-order valence-corrected chi connectivity index (χ2v) is 8.10. The van der Waals surface area contributed by atoms with Crippen LogP contribution >= 0.6 is 0 Å². The van der Waals surface area contributed by atoms with E-state index in [-0.39, 0.29) is 6.04 Å². The first-order chi connectivity index (χ1) is 15.4. The van der Waals surface area contributed by atoms with Crippen LogP contribution in [0.2, 0.25) is 0 Å². The lowest BCUT2D eigenvalue weighted by Crippen LogP contribution is -2.21. The molecule has 2 unspecified atom stereocenters. The number of nitrogens with zero attached hydrogens (tertiary/aromatic N) is 2. The van der Waals surface area contributed by atoms with Crippen molar-refractivity contribution in [2.24, 2.45) is 5.92 Å². The quantitative estimate of drug-likeness (QED) is 0.139. The Balaban J connectivity index is 2.38. The second-order valence-electron chi connectivity index (χ2n) is 8.10. The predicted molar refractivity (Wildman–Crippen MR) is 133 cm³/mol. The Hall–Kier alpha value is -2.41. The van der Waals surface area contributed by atoms with Gasteiger partial charge in [-0.2, -0.15) is 0 Å². The van der Waals surface area contributed by atoms with Gasteiger partial charge in [0.2, 0.25) is 0 Å². The van der Waals surface area contributed by atoms with Crippen LogP contribution in [0, 0.1) is 5.92 Å². The maximum absolute atomic E-state index is 9.41. The monoisotopic (exact) mass is 443 g/mol. The van der Waals surface area contributed by atoms with Gasteiger partial charge >= 0.3 is 0 Å². The number of allylic oxidation sites excluding steroid dienone is 2. The van der Waals surface area contributed by atoms with Gasteiger partial charge in [0.25, 0.3) is 0 Å². The number of methoxy groups -OCH3 is 1. The Kier molecular flexibility index (Phi) is 14.0. The Morgan fingerprint density at radius 2 is 2.06 bits per heavy atom. The second kappa shape index (κ2) is 16.3. The van der Waals surface area contributed by atoms with E-state index in [1.807, 2.05) is 12.2 Å². The summed E-state index contributed by atoms with van der Waals surface area (Å²) in [6, 6.07) is 1.88. The molecule has 0 saturated carbocycles. The molecule has 0 aromatic carbocycles. The minimum atomic E-state index is -1.49. The number of aliphatic hydroxyl groups is 2. The van der Waals surface area contributed by atoms with Gasteiger partial charge in [0.15, 0.2) is 6.29 Å². The molecule has 0 fully saturated rings. The van der Waals surface area contributed by atoms with Crippen LogP contribution in [0.4, 0.5) is 5.69 Å². The molecule has 1 heterocycles. The van der Waals surface area contributed by atoms with Crippen LogP contribution < -0.4 is 5.32 Å². The number of aromatic nitrogens is 1. The fourth-order valence-electron chi connectivity index (χ4n) is 3.25. The van der Waals surface area contributed by atoms with Crippen LogP contribution in [0.3, 0.4) is 0 Å². The summed E-state index contributed by atoms with van der Waals surface area (Å²) in [6.07, 6.45) is 17.6. The minimum absolute atomic E-state index is 0.269. The van der Waals surface area contributed by atoms with Gasteiger partial charge in [-0.15, -0.1) is 6.58 Å². The molecule has 0 radical (unpaired) electrons. The third-order valence-electron chi connectivity index (χ3n) is 5.35. The van der Waals surface area contributed by atoms with E-state index in [0.717, 1.165) is 44.2 Å². The summed E-state index contributed by atoms with van der Waals surface area (Å²) in [6.45, 7) is 11.3. The standard InChI is InChI=1S/C26H41N3O3/c1-6-10-23(15-18-29(4)22(3)13-12-21(2)20-32-5)11-8-7-9-16-28-25-19-27-17-14-24(25)26(30)31/h6,12-15,17-19,22-23,26,28,30-31H,1-2,7-11,16,20H2,3-5H3/b13-12-,18-15+. The molecule has 6 nitrogen and oxygen atoms in total. The lowest BCUT2D eigenvalue weighted by Gasteiger charge is -2.21. The Morgan fingerprint density at radius 3 is 2.75 bits per heavy atom. The van der Waals surface area contributed by atoms with Crippen molar-refractivity contribution in [3.63, 3.8) is 0 Å². The fourth-order valence-corrected chi connectivity index (χ4v) is 3.25. The first-order valence-corrected chi connectivity index (χ1v) is 11.3. The summed E-state index contributed by atoms with van der Waals surface area (Å²) in [5.74, 6) is 0.469. The summed E-state index contributed by atoms with van der Waals surface area (Å²) in [5.41, 5.74) is 2.09. The number of likely N-dealkylation sites (N-methyl/N-ethyl adjacent to an activating group) is 1. The molecule has 3 N–H and O–H groups in total. The smallest absolute Gasteiger partial charge is 0.180 e. The van der Waals surface area contributed by atoms with E-state index in [1.54, 1.807) is 25.6 Å². The van der Waals surface area contributed by atoms with Crippen molar-refractivity contribution < 1.29 is 14.9 Å². The molecule has 32 heavy (non-hydrogen) atoms. The molecule has 0 aliphatic heterocycles. The number of ether oxygens (including phenoxy) is 1. The van der Waals surface area contributed by atoms with Crippen LogP contribution in [0.5, 0.6) is 0 Å². The highest BCUT2D eigenvalue weighted by Gasteiger charge is 2.09. The van der Waals surface area contributed by atoms with Gasteiger partial charge in [-0.25, -0.2) is 0 Å². The molecule has 1 aromatic rings. The zero-order chi connectivity index (χ0) is 23.8. The molecule has 1 aromatic heterocycles. The van der Waals surface area contributed by atoms with Crippen LogP contribution in [-0.2, 0) is 4.74 Å². The summed E-state index contributed by atoms with van der Waals surface area (Å²) in [4.78, 5) is 6.23. The number of anilines is 1. The van der Waals surface area contributed by atoms with E-state index >= 15 is 0 Å². The predicted octanol–water partition coefficient (Wildman–Crippen LogP) is 4.82.